The molecule has 0 amide bonds. The van der Waals surface area contributed by atoms with Crippen LogP contribution in [-0.2, 0) is 9.47 Å². The molecule has 1 fully saturated rings. The average molecular weight is 287 g/mol. The van der Waals surface area contributed by atoms with Crippen molar-refractivity contribution in [2.24, 2.45) is 5.92 Å². The monoisotopic (exact) mass is 287 g/mol. The van der Waals surface area contributed by atoms with Crippen LogP contribution in [0.15, 0.2) is 0 Å². The van der Waals surface area contributed by atoms with Gasteiger partial charge >= 0.3 is 0 Å². The largest absolute Gasteiger partial charge is 0.389 e. The second-order valence-corrected chi connectivity index (χ2v) is 5.73. The summed E-state index contributed by atoms with van der Waals surface area (Å²) in [7, 11) is 0. The quantitative estimate of drug-likeness (QED) is 0.573. The summed E-state index contributed by atoms with van der Waals surface area (Å²) < 4.78 is 11.2. The van der Waals surface area contributed by atoms with Gasteiger partial charge in [0.2, 0.25) is 0 Å². The molecule has 0 saturated heterocycles. The molecule has 2 N–H and O–H groups in total. The molecular formula is C16H33NO3. The van der Waals surface area contributed by atoms with Crippen LogP contribution < -0.4 is 5.32 Å². The van der Waals surface area contributed by atoms with Gasteiger partial charge in [0, 0.05) is 19.8 Å². The standard InChI is InChI=1S/C16H33NO3/c1-3-14-8-5-6-9-16(14)20-13-15(18)12-17-10-7-11-19-4-2/h14-18H,3-13H2,1-2H3. The minimum Gasteiger partial charge on any atom is -0.389 e. The minimum absolute atomic E-state index is 0.362. The van der Waals surface area contributed by atoms with Gasteiger partial charge in [-0.3, -0.25) is 0 Å². The van der Waals surface area contributed by atoms with Crippen LogP contribution in [0.1, 0.15) is 52.4 Å². The van der Waals surface area contributed by atoms with Crippen LogP contribution in [0.3, 0.4) is 0 Å². The number of aliphatic hydroxyl groups excluding tert-OH is 1. The van der Waals surface area contributed by atoms with E-state index in [2.05, 4.69) is 12.2 Å². The number of nitrogens with one attached hydrogen (secondary N) is 1. The first kappa shape index (κ1) is 17.9. The van der Waals surface area contributed by atoms with Crippen LogP contribution in [0.2, 0.25) is 0 Å². The normalized spacial score (nSPS) is 24.8. The smallest absolute Gasteiger partial charge is 0.0897 e. The molecule has 120 valence electrons. The lowest BCUT2D eigenvalue weighted by Gasteiger charge is -2.31. The number of aliphatic hydroxyl groups is 1. The third-order valence-corrected chi connectivity index (χ3v) is 4.09. The van der Waals surface area contributed by atoms with Crippen LogP contribution in [0, 0.1) is 5.92 Å². The van der Waals surface area contributed by atoms with E-state index >= 15 is 0 Å². The van der Waals surface area contributed by atoms with Gasteiger partial charge in [0.25, 0.3) is 0 Å². The third-order valence-electron chi connectivity index (χ3n) is 4.09. The second kappa shape index (κ2) is 11.5. The molecule has 0 bridgehead atoms. The first-order chi connectivity index (χ1) is 9.77. The Morgan fingerprint density at radius 3 is 2.80 bits per heavy atom. The topological polar surface area (TPSA) is 50.7 Å². The van der Waals surface area contributed by atoms with Gasteiger partial charge in [-0.25, -0.2) is 0 Å². The summed E-state index contributed by atoms with van der Waals surface area (Å²) in [6, 6.07) is 0. The summed E-state index contributed by atoms with van der Waals surface area (Å²) in [5.41, 5.74) is 0. The highest BCUT2D eigenvalue weighted by Gasteiger charge is 2.24. The van der Waals surface area contributed by atoms with Crippen LogP contribution in [0.25, 0.3) is 0 Å². The maximum Gasteiger partial charge on any atom is 0.0897 e. The van der Waals surface area contributed by atoms with Crippen molar-refractivity contribution in [1.82, 2.24) is 5.32 Å². The zero-order valence-corrected chi connectivity index (χ0v) is 13.3. The second-order valence-electron chi connectivity index (χ2n) is 5.73. The van der Waals surface area contributed by atoms with Crippen molar-refractivity contribution >= 4 is 0 Å². The maximum absolute atomic E-state index is 9.92. The Morgan fingerprint density at radius 2 is 2.05 bits per heavy atom. The van der Waals surface area contributed by atoms with E-state index in [1.54, 1.807) is 0 Å². The fraction of sp³-hybridized carbons (Fsp3) is 1.00. The van der Waals surface area contributed by atoms with E-state index in [-0.39, 0.29) is 0 Å². The van der Waals surface area contributed by atoms with Gasteiger partial charge in [-0.1, -0.05) is 26.2 Å². The molecule has 4 heteroatoms. The average Bonchev–Trinajstić information content (AvgIpc) is 2.49. The number of hydrogen-bond donors (Lipinski definition) is 2. The van der Waals surface area contributed by atoms with Gasteiger partial charge in [0.05, 0.1) is 18.8 Å². The molecule has 20 heavy (non-hydrogen) atoms. The summed E-state index contributed by atoms with van der Waals surface area (Å²) in [4.78, 5) is 0. The predicted molar refractivity (Wildman–Crippen MR) is 82.0 cm³/mol. The Balaban J connectivity index is 2.02. The number of hydrogen-bond acceptors (Lipinski definition) is 4. The maximum atomic E-state index is 9.92. The molecule has 1 aliphatic carbocycles. The summed E-state index contributed by atoms with van der Waals surface area (Å²) in [5, 5.41) is 13.2. The zero-order valence-electron chi connectivity index (χ0n) is 13.3. The van der Waals surface area contributed by atoms with E-state index in [0.717, 1.165) is 32.6 Å². The van der Waals surface area contributed by atoms with Crippen molar-refractivity contribution in [2.75, 3.05) is 32.9 Å². The summed E-state index contributed by atoms with van der Waals surface area (Å²) in [6.07, 6.45) is 7.19. The van der Waals surface area contributed by atoms with Gasteiger partial charge in [0.15, 0.2) is 0 Å². The van der Waals surface area contributed by atoms with Gasteiger partial charge in [-0.05, 0) is 38.6 Å². The van der Waals surface area contributed by atoms with Gasteiger partial charge < -0.3 is 19.9 Å². The Labute approximate surface area is 124 Å². The molecule has 3 unspecified atom stereocenters. The summed E-state index contributed by atoms with van der Waals surface area (Å²) in [5.74, 6) is 0.690. The first-order valence-electron chi connectivity index (χ1n) is 8.36. The molecule has 0 aliphatic heterocycles. The molecule has 1 saturated carbocycles. The van der Waals surface area contributed by atoms with Crippen molar-refractivity contribution in [2.45, 2.75) is 64.6 Å². The molecule has 0 spiro atoms. The van der Waals surface area contributed by atoms with Crippen molar-refractivity contribution < 1.29 is 14.6 Å². The van der Waals surface area contributed by atoms with E-state index in [1.165, 1.54) is 25.7 Å². The van der Waals surface area contributed by atoms with E-state index in [4.69, 9.17) is 9.47 Å². The van der Waals surface area contributed by atoms with Crippen molar-refractivity contribution in [3.8, 4) is 0 Å². The zero-order chi connectivity index (χ0) is 14.6. The lowest BCUT2D eigenvalue weighted by atomic mass is 9.85. The van der Waals surface area contributed by atoms with Crippen LogP contribution in [0.4, 0.5) is 0 Å². The SMILES string of the molecule is CCOCCCNCC(O)COC1CCCCC1CC. The number of ether oxygens (including phenoxy) is 2. The lowest BCUT2D eigenvalue weighted by Crippen LogP contribution is -2.35. The molecule has 4 nitrogen and oxygen atoms in total. The fourth-order valence-electron chi connectivity index (χ4n) is 2.87. The Hall–Kier alpha value is -0.160. The van der Waals surface area contributed by atoms with Crippen molar-refractivity contribution in [1.29, 1.82) is 0 Å². The molecule has 3 atom stereocenters. The highest BCUT2D eigenvalue weighted by Crippen LogP contribution is 2.29. The molecular weight excluding hydrogens is 254 g/mol. The van der Waals surface area contributed by atoms with E-state index in [1.807, 2.05) is 6.92 Å². The highest BCUT2D eigenvalue weighted by molar-refractivity contribution is 4.75. The predicted octanol–water partition coefficient (Wildman–Crippen LogP) is 2.35. The molecule has 1 rings (SSSR count). The van der Waals surface area contributed by atoms with Crippen molar-refractivity contribution in [3.63, 3.8) is 0 Å². The van der Waals surface area contributed by atoms with Gasteiger partial charge in [-0.15, -0.1) is 0 Å². The highest BCUT2D eigenvalue weighted by atomic mass is 16.5. The van der Waals surface area contributed by atoms with Crippen LogP contribution in [-0.4, -0.2) is 50.2 Å². The minimum atomic E-state index is -0.401. The van der Waals surface area contributed by atoms with Gasteiger partial charge in [0.1, 0.15) is 0 Å². The molecule has 0 aromatic heterocycles. The molecule has 0 heterocycles. The van der Waals surface area contributed by atoms with Crippen molar-refractivity contribution in [3.05, 3.63) is 0 Å². The summed E-state index contributed by atoms with van der Waals surface area (Å²) >= 11 is 0. The Kier molecular flexibility index (Phi) is 10.3. The van der Waals surface area contributed by atoms with Crippen LogP contribution in [0.5, 0.6) is 0 Å². The molecule has 0 aromatic carbocycles. The van der Waals surface area contributed by atoms with E-state index in [9.17, 15) is 5.11 Å². The lowest BCUT2D eigenvalue weighted by molar-refractivity contribution is -0.0499. The van der Waals surface area contributed by atoms with Gasteiger partial charge in [-0.2, -0.15) is 0 Å². The third kappa shape index (κ3) is 7.58. The van der Waals surface area contributed by atoms with E-state index < -0.39 is 6.10 Å². The van der Waals surface area contributed by atoms with Crippen LogP contribution >= 0.6 is 0 Å². The Bertz CT molecular complexity index is 226. The van der Waals surface area contributed by atoms with E-state index in [0.29, 0.717) is 25.2 Å². The molecule has 0 aromatic rings. The Morgan fingerprint density at radius 1 is 1.25 bits per heavy atom. The summed E-state index contributed by atoms with van der Waals surface area (Å²) in [6.45, 7) is 7.76. The fourth-order valence-corrected chi connectivity index (χ4v) is 2.87. The number of rotatable bonds is 11. The molecule has 1 aliphatic rings. The first-order valence-corrected chi connectivity index (χ1v) is 8.36. The molecule has 0 radical (unpaired) electrons.